The Bertz CT molecular complexity index is 1580. The summed E-state index contributed by atoms with van der Waals surface area (Å²) in [5, 5.41) is 15.0. The van der Waals surface area contributed by atoms with Crippen molar-refractivity contribution in [3.63, 3.8) is 0 Å². The van der Waals surface area contributed by atoms with E-state index in [2.05, 4.69) is 10.2 Å². The molecule has 0 amide bonds. The molecule has 0 radical (unpaired) electrons. The number of aromatic nitrogens is 2. The van der Waals surface area contributed by atoms with Gasteiger partial charge in [0.15, 0.2) is 0 Å². The van der Waals surface area contributed by atoms with Crippen molar-refractivity contribution in [2.45, 2.75) is 25.4 Å². The Balaban J connectivity index is 1.78. The molecule has 0 bridgehead atoms. The smallest absolute Gasteiger partial charge is 0.433 e. The molecule has 2 N–H and O–H groups in total. The fourth-order valence-electron chi connectivity index (χ4n) is 4.75. The first-order valence-corrected chi connectivity index (χ1v) is 12.3. The summed E-state index contributed by atoms with van der Waals surface area (Å²) in [6.45, 7) is 0. The van der Waals surface area contributed by atoms with Crippen LogP contribution in [0.1, 0.15) is 47.2 Å². The van der Waals surface area contributed by atoms with Gasteiger partial charge < -0.3 is 5.11 Å². The molecule has 1 fully saturated rings. The number of nitrogens with zero attached hydrogens (tertiary/aromatic N) is 1. The number of carboxylic acids is 1. The Kier molecular flexibility index (Phi) is 6.84. The predicted molar refractivity (Wildman–Crippen MR) is 139 cm³/mol. The van der Waals surface area contributed by atoms with Gasteiger partial charge in [-0.1, -0.05) is 54.4 Å². The van der Waals surface area contributed by atoms with Crippen LogP contribution >= 0.6 is 11.6 Å². The number of alkyl halides is 3. The number of fused-ring (bicyclic) bond motifs is 1. The summed E-state index contributed by atoms with van der Waals surface area (Å²) in [6, 6.07) is 15.9. The van der Waals surface area contributed by atoms with Crippen molar-refractivity contribution < 1.29 is 27.5 Å². The Morgan fingerprint density at radius 3 is 2.34 bits per heavy atom. The first-order valence-electron chi connectivity index (χ1n) is 11.9. The second kappa shape index (κ2) is 10.1. The number of halogens is 5. The third-order valence-corrected chi connectivity index (χ3v) is 7.06. The van der Waals surface area contributed by atoms with Crippen LogP contribution in [0.5, 0.6) is 0 Å². The van der Waals surface area contributed by atoms with Crippen LogP contribution in [0.4, 0.5) is 17.6 Å². The first kappa shape index (κ1) is 25.7. The highest BCUT2D eigenvalue weighted by Gasteiger charge is 2.35. The molecular formula is C29H21ClF4N2O2. The van der Waals surface area contributed by atoms with Crippen LogP contribution in [0.2, 0.25) is 5.02 Å². The van der Waals surface area contributed by atoms with Crippen molar-refractivity contribution >= 4 is 45.7 Å². The van der Waals surface area contributed by atoms with E-state index in [1.165, 1.54) is 30.3 Å². The Morgan fingerprint density at radius 1 is 1.03 bits per heavy atom. The Morgan fingerprint density at radius 2 is 1.74 bits per heavy atom. The number of hydrogen-bond donors (Lipinski definition) is 2. The van der Waals surface area contributed by atoms with E-state index in [9.17, 15) is 22.4 Å². The van der Waals surface area contributed by atoms with Gasteiger partial charge in [0.2, 0.25) is 0 Å². The molecule has 5 rings (SSSR count). The van der Waals surface area contributed by atoms with Gasteiger partial charge in [0, 0.05) is 11.5 Å². The fraction of sp³-hybridized carbons (Fsp3) is 0.172. The monoisotopic (exact) mass is 540 g/mol. The van der Waals surface area contributed by atoms with Gasteiger partial charge in [0.25, 0.3) is 0 Å². The summed E-state index contributed by atoms with van der Waals surface area (Å²) in [5.74, 6) is -1.50. The van der Waals surface area contributed by atoms with Crippen molar-refractivity contribution in [2.24, 2.45) is 5.92 Å². The predicted octanol–water partition coefficient (Wildman–Crippen LogP) is 8.23. The minimum absolute atomic E-state index is 0.0633. The summed E-state index contributed by atoms with van der Waals surface area (Å²) < 4.78 is 55.1. The van der Waals surface area contributed by atoms with Crippen molar-refractivity contribution in [3.05, 3.63) is 106 Å². The molecule has 38 heavy (non-hydrogen) atoms. The molecule has 1 aliphatic rings. The van der Waals surface area contributed by atoms with Gasteiger partial charge in [-0.2, -0.15) is 18.3 Å². The number of carbonyl (C=O) groups is 1. The molecule has 1 saturated carbocycles. The van der Waals surface area contributed by atoms with Gasteiger partial charge in [0.1, 0.15) is 11.5 Å². The van der Waals surface area contributed by atoms with Crippen molar-refractivity contribution in [2.75, 3.05) is 0 Å². The molecular weight excluding hydrogens is 520 g/mol. The van der Waals surface area contributed by atoms with E-state index in [0.29, 0.717) is 27.8 Å². The van der Waals surface area contributed by atoms with Gasteiger partial charge in [0.05, 0.1) is 10.5 Å². The minimum atomic E-state index is -4.62. The first-order chi connectivity index (χ1) is 18.1. The SMILES string of the molecule is O=C(O)/C=C/c1ccc(/C(=C(\c2ccc(F)cc2Cl)C2CCC2)c2ccc3n[nH]c(C(F)(F)F)c3c2)cc1. The fourth-order valence-corrected chi connectivity index (χ4v) is 5.02. The van der Waals surface area contributed by atoms with Crippen LogP contribution in [-0.2, 0) is 11.0 Å². The van der Waals surface area contributed by atoms with Gasteiger partial charge in [-0.05, 0) is 82.5 Å². The lowest BCUT2D eigenvalue weighted by Gasteiger charge is -2.32. The van der Waals surface area contributed by atoms with Crippen LogP contribution in [0.3, 0.4) is 0 Å². The second-order valence-corrected chi connectivity index (χ2v) is 9.57. The highest BCUT2D eigenvalue weighted by atomic mass is 35.5. The third kappa shape index (κ3) is 5.09. The average Bonchev–Trinajstić information content (AvgIpc) is 3.26. The maximum atomic E-state index is 14.0. The van der Waals surface area contributed by atoms with Gasteiger partial charge in [-0.15, -0.1) is 0 Å². The molecule has 4 nitrogen and oxygen atoms in total. The molecule has 1 aliphatic carbocycles. The van der Waals surface area contributed by atoms with E-state index in [4.69, 9.17) is 16.7 Å². The zero-order valence-electron chi connectivity index (χ0n) is 19.8. The highest BCUT2D eigenvalue weighted by Crippen LogP contribution is 2.47. The number of nitrogens with one attached hydrogen (secondary N) is 1. The molecule has 0 atom stereocenters. The zero-order chi connectivity index (χ0) is 27.0. The van der Waals surface area contributed by atoms with Crippen molar-refractivity contribution in [1.29, 1.82) is 0 Å². The summed E-state index contributed by atoms with van der Waals surface area (Å²) >= 11 is 6.52. The van der Waals surface area contributed by atoms with E-state index < -0.39 is 23.7 Å². The standard InChI is InChI=1S/C29H21ClF4N2O2/c30-23-15-20(31)10-11-21(23)27(17-2-1-3-17)26(18-7-4-16(5-8-18)6-13-25(37)38)19-9-12-24-22(14-19)28(36-35-24)29(32,33)34/h4-15,17H,1-3H2,(H,35,36)(H,37,38)/b13-6+,27-26+. The van der Waals surface area contributed by atoms with Crippen LogP contribution in [0, 0.1) is 11.7 Å². The van der Waals surface area contributed by atoms with E-state index in [0.717, 1.165) is 30.9 Å². The number of allylic oxidation sites excluding steroid dienone is 1. The zero-order valence-corrected chi connectivity index (χ0v) is 20.6. The minimum Gasteiger partial charge on any atom is -0.478 e. The van der Waals surface area contributed by atoms with Gasteiger partial charge in [-0.3, -0.25) is 5.10 Å². The lowest BCUT2D eigenvalue weighted by molar-refractivity contribution is -0.140. The second-order valence-electron chi connectivity index (χ2n) is 9.16. The molecule has 0 saturated heterocycles. The maximum Gasteiger partial charge on any atom is 0.433 e. The summed E-state index contributed by atoms with van der Waals surface area (Å²) in [7, 11) is 0. The molecule has 9 heteroatoms. The molecule has 0 spiro atoms. The molecule has 0 unspecified atom stereocenters. The molecule has 0 aliphatic heterocycles. The Labute approximate surface area is 220 Å². The van der Waals surface area contributed by atoms with Crippen LogP contribution < -0.4 is 0 Å². The number of aromatic amines is 1. The molecule has 1 aromatic heterocycles. The molecule has 4 aromatic rings. The largest absolute Gasteiger partial charge is 0.478 e. The highest BCUT2D eigenvalue weighted by molar-refractivity contribution is 6.32. The molecule has 3 aromatic carbocycles. The van der Waals surface area contributed by atoms with Crippen molar-refractivity contribution in [1.82, 2.24) is 10.2 Å². The van der Waals surface area contributed by atoms with E-state index in [1.807, 2.05) is 0 Å². The number of benzene rings is 3. The lowest BCUT2D eigenvalue weighted by atomic mass is 9.73. The summed E-state index contributed by atoms with van der Waals surface area (Å²) in [6.07, 6.45) is 0.549. The maximum absolute atomic E-state index is 14.0. The van der Waals surface area contributed by atoms with Gasteiger partial charge in [-0.25, -0.2) is 9.18 Å². The molecule has 194 valence electrons. The van der Waals surface area contributed by atoms with E-state index in [1.54, 1.807) is 36.4 Å². The average molecular weight is 541 g/mol. The number of aliphatic carboxylic acids is 1. The normalized spacial score (nSPS) is 15.1. The number of rotatable bonds is 6. The third-order valence-electron chi connectivity index (χ3n) is 6.75. The quantitative estimate of drug-likeness (QED) is 0.147. The number of H-pyrrole nitrogens is 1. The van der Waals surface area contributed by atoms with Crippen LogP contribution in [-0.4, -0.2) is 21.3 Å². The van der Waals surface area contributed by atoms with Crippen molar-refractivity contribution in [3.8, 4) is 0 Å². The number of carboxylic acid groups (broad SMARTS) is 1. The van der Waals surface area contributed by atoms with Crippen LogP contribution in [0.15, 0.2) is 66.7 Å². The van der Waals surface area contributed by atoms with Gasteiger partial charge >= 0.3 is 12.1 Å². The lowest BCUT2D eigenvalue weighted by Crippen LogP contribution is -2.15. The van der Waals surface area contributed by atoms with Crippen LogP contribution in [0.25, 0.3) is 28.1 Å². The Hall–Kier alpha value is -3.91. The topological polar surface area (TPSA) is 66.0 Å². The van der Waals surface area contributed by atoms with E-state index >= 15 is 0 Å². The summed E-state index contributed by atoms with van der Waals surface area (Å²) in [5.41, 5.74) is 3.24. The van der Waals surface area contributed by atoms with E-state index in [-0.39, 0.29) is 21.8 Å². The number of hydrogen-bond acceptors (Lipinski definition) is 2. The summed E-state index contributed by atoms with van der Waals surface area (Å²) in [4.78, 5) is 10.9. The molecule has 1 heterocycles.